The average molecular weight is 264 g/mol. The Morgan fingerprint density at radius 1 is 1.47 bits per heavy atom. The van der Waals surface area contributed by atoms with E-state index in [0.717, 1.165) is 17.8 Å². The maximum Gasteiger partial charge on any atom is 0.122 e. The second kappa shape index (κ2) is 7.81. The van der Waals surface area contributed by atoms with E-state index in [1.54, 1.807) is 12.1 Å². The van der Waals surface area contributed by atoms with Gasteiger partial charge in [-0.05, 0) is 19.5 Å². The van der Waals surface area contributed by atoms with Gasteiger partial charge in [-0.3, -0.25) is 0 Å². The second-order valence-electron chi connectivity index (χ2n) is 4.48. The zero-order valence-electron chi connectivity index (χ0n) is 11.8. The molecule has 1 atom stereocenters. The summed E-state index contributed by atoms with van der Waals surface area (Å²) in [4.78, 5) is 1.97. The molecule has 106 valence electrons. The monoisotopic (exact) mass is 264 g/mol. The first kappa shape index (κ1) is 15.5. The zero-order valence-corrected chi connectivity index (χ0v) is 11.8. The van der Waals surface area contributed by atoms with Gasteiger partial charge in [0.05, 0.1) is 6.61 Å². The van der Waals surface area contributed by atoms with Crippen molar-refractivity contribution in [2.24, 2.45) is 0 Å². The molecule has 0 aromatic heterocycles. The quantitative estimate of drug-likeness (QED) is 0.629. The van der Waals surface area contributed by atoms with Crippen LogP contribution < -0.4 is 10.2 Å². The molecule has 1 unspecified atom stereocenters. The van der Waals surface area contributed by atoms with Gasteiger partial charge in [-0.2, -0.15) is 0 Å². The Kier molecular flexibility index (Phi) is 6.39. The van der Waals surface area contributed by atoms with Gasteiger partial charge < -0.3 is 20.4 Å². The van der Waals surface area contributed by atoms with Crippen LogP contribution in [0.4, 0.5) is 5.69 Å². The number of nitrogens with one attached hydrogen (secondary N) is 1. The molecule has 1 aromatic carbocycles. The van der Waals surface area contributed by atoms with Gasteiger partial charge in [0.1, 0.15) is 5.75 Å². The molecule has 0 bridgehead atoms. The van der Waals surface area contributed by atoms with Gasteiger partial charge in [0.25, 0.3) is 0 Å². The molecule has 0 saturated carbocycles. The summed E-state index contributed by atoms with van der Waals surface area (Å²) < 4.78 is 0. The van der Waals surface area contributed by atoms with Crippen LogP contribution in [0.5, 0.6) is 5.75 Å². The van der Waals surface area contributed by atoms with Gasteiger partial charge in [0.2, 0.25) is 0 Å². The van der Waals surface area contributed by atoms with Gasteiger partial charge in [-0.25, -0.2) is 0 Å². The fourth-order valence-corrected chi connectivity index (χ4v) is 2.11. The molecule has 0 radical (unpaired) electrons. The molecule has 0 spiro atoms. The first-order valence-electron chi connectivity index (χ1n) is 6.67. The second-order valence-corrected chi connectivity index (χ2v) is 4.48. The van der Waals surface area contributed by atoms with Crippen LogP contribution in [-0.2, 0) is 0 Å². The van der Waals surface area contributed by atoms with Gasteiger partial charge in [0.15, 0.2) is 0 Å². The van der Waals surface area contributed by atoms with E-state index in [9.17, 15) is 5.11 Å². The Hall–Kier alpha value is -1.52. The molecule has 0 aliphatic heterocycles. The van der Waals surface area contributed by atoms with Gasteiger partial charge >= 0.3 is 0 Å². The summed E-state index contributed by atoms with van der Waals surface area (Å²) in [5, 5.41) is 22.4. The van der Waals surface area contributed by atoms with Crippen LogP contribution in [0.15, 0.2) is 30.9 Å². The van der Waals surface area contributed by atoms with E-state index < -0.39 is 0 Å². The van der Waals surface area contributed by atoms with Crippen LogP contribution in [-0.4, -0.2) is 36.5 Å². The third-order valence-corrected chi connectivity index (χ3v) is 3.08. The predicted octanol–water partition coefficient (Wildman–Crippen LogP) is 2.05. The molecule has 19 heavy (non-hydrogen) atoms. The van der Waals surface area contributed by atoms with E-state index >= 15 is 0 Å². The lowest BCUT2D eigenvalue weighted by Crippen LogP contribution is -2.26. The molecule has 0 saturated heterocycles. The Morgan fingerprint density at radius 3 is 2.74 bits per heavy atom. The van der Waals surface area contributed by atoms with E-state index in [4.69, 9.17) is 5.11 Å². The van der Waals surface area contributed by atoms with Crippen molar-refractivity contribution in [3.8, 4) is 5.75 Å². The molecule has 4 heteroatoms. The predicted molar refractivity (Wildman–Crippen MR) is 79.7 cm³/mol. The highest BCUT2D eigenvalue weighted by Gasteiger charge is 2.12. The number of aromatic hydroxyl groups is 1. The smallest absolute Gasteiger partial charge is 0.122 e. The number of phenolic OH excluding ortho intramolecular Hbond substituents is 1. The van der Waals surface area contributed by atoms with Crippen LogP contribution in [0.3, 0.4) is 0 Å². The van der Waals surface area contributed by atoms with Crippen molar-refractivity contribution in [3.05, 3.63) is 36.4 Å². The van der Waals surface area contributed by atoms with Crippen molar-refractivity contribution < 1.29 is 10.2 Å². The molecule has 3 N–H and O–H groups in total. The molecule has 4 nitrogen and oxygen atoms in total. The third-order valence-electron chi connectivity index (χ3n) is 3.08. The molecular formula is C15H24N2O2. The molecule has 0 aliphatic rings. The summed E-state index contributed by atoms with van der Waals surface area (Å²) in [5.74, 6) is 0.276. The van der Waals surface area contributed by atoms with Crippen LogP contribution in [0.2, 0.25) is 0 Å². The van der Waals surface area contributed by atoms with Crippen LogP contribution >= 0.6 is 0 Å². The van der Waals surface area contributed by atoms with Gasteiger partial charge in [0, 0.05) is 36.4 Å². The van der Waals surface area contributed by atoms with Crippen molar-refractivity contribution in [2.75, 3.05) is 31.1 Å². The summed E-state index contributed by atoms with van der Waals surface area (Å²) in [6.07, 6.45) is 1.78. The summed E-state index contributed by atoms with van der Waals surface area (Å²) in [7, 11) is 0. The van der Waals surface area contributed by atoms with Crippen molar-refractivity contribution in [3.63, 3.8) is 0 Å². The average Bonchev–Trinajstić information content (AvgIpc) is 2.38. The maximum atomic E-state index is 10.1. The summed E-state index contributed by atoms with van der Waals surface area (Å²) in [6.45, 7) is 9.86. The molecular weight excluding hydrogens is 240 g/mol. The fraction of sp³-hybridized carbons (Fsp3) is 0.467. The first-order chi connectivity index (χ1) is 9.13. The van der Waals surface area contributed by atoms with Crippen molar-refractivity contribution in [1.29, 1.82) is 0 Å². The van der Waals surface area contributed by atoms with E-state index in [-0.39, 0.29) is 18.4 Å². The minimum absolute atomic E-state index is 0.0736. The molecule has 0 aliphatic carbocycles. The minimum atomic E-state index is 0.0736. The van der Waals surface area contributed by atoms with Crippen molar-refractivity contribution in [2.45, 2.75) is 19.9 Å². The lowest BCUT2D eigenvalue weighted by molar-refractivity contribution is 0.303. The minimum Gasteiger partial charge on any atom is -0.508 e. The summed E-state index contributed by atoms with van der Waals surface area (Å²) in [6, 6.07) is 5.74. The third kappa shape index (κ3) is 4.26. The number of hydrogen-bond donors (Lipinski definition) is 3. The Balaban J connectivity index is 2.93. The lowest BCUT2D eigenvalue weighted by Gasteiger charge is -2.24. The first-order valence-corrected chi connectivity index (χ1v) is 6.67. The number of aliphatic hydroxyl groups excluding tert-OH is 1. The van der Waals surface area contributed by atoms with Crippen LogP contribution in [0.25, 0.3) is 0 Å². The van der Waals surface area contributed by atoms with Crippen LogP contribution in [0.1, 0.15) is 25.5 Å². The SMILES string of the molecule is C=CCN(CCO)c1ccc(C(C)NCC)c(O)c1. The number of anilines is 1. The van der Waals surface area contributed by atoms with Gasteiger partial charge in [-0.1, -0.05) is 19.1 Å². The number of nitrogens with zero attached hydrogens (tertiary/aromatic N) is 1. The summed E-state index contributed by atoms with van der Waals surface area (Å²) in [5.41, 5.74) is 1.77. The summed E-state index contributed by atoms with van der Waals surface area (Å²) >= 11 is 0. The van der Waals surface area contributed by atoms with Gasteiger partial charge in [-0.15, -0.1) is 6.58 Å². The molecule has 1 rings (SSSR count). The number of hydrogen-bond acceptors (Lipinski definition) is 4. The van der Waals surface area contributed by atoms with E-state index in [1.807, 2.05) is 30.9 Å². The Morgan fingerprint density at radius 2 is 2.21 bits per heavy atom. The lowest BCUT2D eigenvalue weighted by atomic mass is 10.1. The molecule has 0 heterocycles. The highest BCUT2D eigenvalue weighted by Crippen LogP contribution is 2.29. The van der Waals surface area contributed by atoms with Crippen molar-refractivity contribution >= 4 is 5.69 Å². The number of benzene rings is 1. The molecule has 1 aromatic rings. The van der Waals surface area contributed by atoms with E-state index in [1.165, 1.54) is 0 Å². The highest BCUT2D eigenvalue weighted by molar-refractivity contribution is 5.54. The zero-order chi connectivity index (χ0) is 14.3. The maximum absolute atomic E-state index is 10.1. The standard InChI is InChI=1S/C15H24N2O2/c1-4-8-17(9-10-18)13-6-7-14(15(19)11-13)12(3)16-5-2/h4,6-7,11-12,16,18-19H,1,5,8-10H2,2-3H3. The highest BCUT2D eigenvalue weighted by atomic mass is 16.3. The fourth-order valence-electron chi connectivity index (χ4n) is 2.11. The molecule has 0 fully saturated rings. The number of aliphatic hydroxyl groups is 1. The molecule has 0 amide bonds. The normalized spacial score (nSPS) is 12.2. The van der Waals surface area contributed by atoms with E-state index in [2.05, 4.69) is 11.9 Å². The Bertz CT molecular complexity index is 407. The Labute approximate surface area is 115 Å². The van der Waals surface area contributed by atoms with Crippen LogP contribution in [0, 0.1) is 0 Å². The van der Waals surface area contributed by atoms with Crippen molar-refractivity contribution in [1.82, 2.24) is 5.32 Å². The number of phenols is 1. The van der Waals surface area contributed by atoms with E-state index in [0.29, 0.717) is 13.1 Å². The number of rotatable bonds is 8. The topological polar surface area (TPSA) is 55.7 Å². The largest absolute Gasteiger partial charge is 0.508 e.